The molecule has 0 spiro atoms. The van der Waals surface area contributed by atoms with Crippen LogP contribution in [0, 0.1) is 0 Å². The minimum atomic E-state index is 0.526. The highest BCUT2D eigenvalue weighted by molar-refractivity contribution is 5.75. The lowest BCUT2D eigenvalue weighted by atomic mass is 9.98. The molecule has 150 valence electrons. The van der Waals surface area contributed by atoms with E-state index in [4.69, 9.17) is 9.72 Å². The summed E-state index contributed by atoms with van der Waals surface area (Å²) in [6.07, 6.45) is 8.65. The molecular weight excluding hydrogens is 362 g/mol. The molecule has 0 saturated carbocycles. The van der Waals surface area contributed by atoms with E-state index in [1.807, 2.05) is 16.9 Å². The summed E-state index contributed by atoms with van der Waals surface area (Å²) in [5, 5.41) is 11.5. The number of benzene rings is 1. The fraction of sp³-hybridized carbons (Fsp3) is 0.391. The number of ether oxygens (including phenoxy) is 1. The summed E-state index contributed by atoms with van der Waals surface area (Å²) in [5.74, 6) is 1.59. The number of hydrogen-bond acceptors (Lipinski definition) is 5. The van der Waals surface area contributed by atoms with E-state index >= 15 is 0 Å². The maximum Gasteiger partial charge on any atom is 0.223 e. The Morgan fingerprint density at radius 1 is 1.17 bits per heavy atom. The first kappa shape index (κ1) is 18.2. The summed E-state index contributed by atoms with van der Waals surface area (Å²) in [4.78, 5) is 4.71. The van der Waals surface area contributed by atoms with Gasteiger partial charge in [-0.15, -0.1) is 0 Å². The molecule has 5 rings (SSSR count). The number of aromatic nitrogens is 3. The molecule has 0 amide bonds. The number of anilines is 1. The topological polar surface area (TPSA) is 64.0 Å². The van der Waals surface area contributed by atoms with Crippen molar-refractivity contribution in [3.05, 3.63) is 54.4 Å². The quantitative estimate of drug-likeness (QED) is 0.663. The molecule has 0 aliphatic carbocycles. The molecule has 0 bridgehead atoms. The smallest absolute Gasteiger partial charge is 0.223 e. The van der Waals surface area contributed by atoms with Crippen LogP contribution < -0.4 is 15.4 Å². The van der Waals surface area contributed by atoms with Gasteiger partial charge in [0.05, 0.1) is 5.69 Å². The molecule has 2 unspecified atom stereocenters. The Morgan fingerprint density at radius 2 is 2.07 bits per heavy atom. The maximum atomic E-state index is 5.98. The molecule has 6 heteroatoms. The van der Waals surface area contributed by atoms with Gasteiger partial charge in [0, 0.05) is 36.6 Å². The van der Waals surface area contributed by atoms with E-state index in [1.165, 1.54) is 24.8 Å². The van der Waals surface area contributed by atoms with Crippen LogP contribution in [0.4, 0.5) is 5.82 Å². The molecule has 1 fully saturated rings. The van der Waals surface area contributed by atoms with E-state index in [-0.39, 0.29) is 0 Å². The molecule has 2 aliphatic rings. The van der Waals surface area contributed by atoms with Crippen molar-refractivity contribution < 1.29 is 4.74 Å². The zero-order valence-electron chi connectivity index (χ0n) is 16.8. The number of nitrogens with zero attached hydrogens (tertiary/aromatic N) is 3. The number of rotatable bonds is 6. The number of fused-ring (bicyclic) bond motifs is 3. The second kappa shape index (κ2) is 7.87. The van der Waals surface area contributed by atoms with Crippen LogP contribution in [-0.2, 0) is 6.61 Å². The van der Waals surface area contributed by atoms with Crippen LogP contribution in [0.2, 0.25) is 0 Å². The monoisotopic (exact) mass is 389 g/mol. The number of pyridine rings is 1. The largest absolute Gasteiger partial charge is 0.472 e. The Kier molecular flexibility index (Phi) is 4.94. The van der Waals surface area contributed by atoms with Crippen LogP contribution in [0.25, 0.3) is 16.8 Å². The van der Waals surface area contributed by atoms with Crippen molar-refractivity contribution in [2.45, 2.75) is 51.3 Å². The molecule has 3 aromatic rings. The Hall–Kier alpha value is -2.86. The number of nitrogens with one attached hydrogen (secondary N) is 2. The summed E-state index contributed by atoms with van der Waals surface area (Å²) in [7, 11) is 0. The average Bonchev–Trinajstić information content (AvgIpc) is 3.45. The van der Waals surface area contributed by atoms with Crippen molar-refractivity contribution in [1.82, 2.24) is 20.1 Å². The van der Waals surface area contributed by atoms with Gasteiger partial charge in [-0.1, -0.05) is 13.0 Å². The molecule has 6 nitrogen and oxygen atoms in total. The standard InChI is InChI=1S/C23H27N5O/c1-2-17-4-5-18(26-17)10-12-24-22-9-8-21-20-7-6-19(28-13-3-11-25-28)14-16(20)15-29-23(21)27-22/h3,6-9,11,13-14,17-18,26H,2,4-5,10,12,15H2,1H3,(H,24,27). The van der Waals surface area contributed by atoms with E-state index < -0.39 is 0 Å². The zero-order valence-corrected chi connectivity index (χ0v) is 16.8. The van der Waals surface area contributed by atoms with Crippen molar-refractivity contribution in [2.75, 3.05) is 11.9 Å². The first-order chi connectivity index (χ1) is 14.3. The maximum absolute atomic E-state index is 5.98. The molecule has 0 radical (unpaired) electrons. The van der Waals surface area contributed by atoms with Gasteiger partial charge in [0.2, 0.25) is 5.88 Å². The Morgan fingerprint density at radius 3 is 2.90 bits per heavy atom. The van der Waals surface area contributed by atoms with Crippen molar-refractivity contribution in [3.63, 3.8) is 0 Å². The lowest BCUT2D eigenvalue weighted by Crippen LogP contribution is -2.30. The van der Waals surface area contributed by atoms with Gasteiger partial charge in [-0.2, -0.15) is 10.1 Å². The van der Waals surface area contributed by atoms with Crippen LogP contribution in [0.1, 0.15) is 38.2 Å². The highest BCUT2D eigenvalue weighted by Crippen LogP contribution is 2.37. The van der Waals surface area contributed by atoms with Gasteiger partial charge >= 0.3 is 0 Å². The Bertz CT molecular complexity index is 985. The van der Waals surface area contributed by atoms with Gasteiger partial charge in [-0.3, -0.25) is 0 Å². The zero-order chi connectivity index (χ0) is 19.6. The Balaban J connectivity index is 1.27. The average molecular weight is 390 g/mol. The summed E-state index contributed by atoms with van der Waals surface area (Å²) >= 11 is 0. The predicted molar refractivity (Wildman–Crippen MR) is 114 cm³/mol. The van der Waals surface area contributed by atoms with Gasteiger partial charge in [-0.05, 0) is 67.1 Å². The molecule has 2 atom stereocenters. The molecule has 1 aromatic carbocycles. The van der Waals surface area contributed by atoms with E-state index in [1.54, 1.807) is 6.20 Å². The van der Waals surface area contributed by atoms with Crippen molar-refractivity contribution in [3.8, 4) is 22.7 Å². The molecule has 2 aliphatic heterocycles. The molecule has 2 N–H and O–H groups in total. The molecule has 1 saturated heterocycles. The highest BCUT2D eigenvalue weighted by Gasteiger charge is 2.22. The third-order valence-electron chi connectivity index (χ3n) is 6.00. The minimum Gasteiger partial charge on any atom is -0.472 e. The van der Waals surface area contributed by atoms with Gasteiger partial charge in [0.25, 0.3) is 0 Å². The van der Waals surface area contributed by atoms with Gasteiger partial charge in [0.15, 0.2) is 0 Å². The lowest BCUT2D eigenvalue weighted by Gasteiger charge is -2.21. The summed E-state index contributed by atoms with van der Waals surface area (Å²) < 4.78 is 7.84. The lowest BCUT2D eigenvalue weighted by molar-refractivity contribution is 0.290. The van der Waals surface area contributed by atoms with E-state index in [9.17, 15) is 0 Å². The van der Waals surface area contributed by atoms with Crippen LogP contribution >= 0.6 is 0 Å². The van der Waals surface area contributed by atoms with E-state index in [0.29, 0.717) is 24.6 Å². The highest BCUT2D eigenvalue weighted by atomic mass is 16.5. The third-order valence-corrected chi connectivity index (χ3v) is 6.00. The second-order valence-corrected chi connectivity index (χ2v) is 7.89. The SMILES string of the molecule is CCC1CCC(CCNc2ccc3c(n2)OCc2cc(-n4cccn4)ccc2-3)N1. The van der Waals surface area contributed by atoms with E-state index in [2.05, 4.69) is 53.0 Å². The van der Waals surface area contributed by atoms with E-state index in [0.717, 1.165) is 35.6 Å². The van der Waals surface area contributed by atoms with Crippen LogP contribution in [-0.4, -0.2) is 33.4 Å². The second-order valence-electron chi connectivity index (χ2n) is 7.89. The molecule has 2 aromatic heterocycles. The normalized spacial score (nSPS) is 20.0. The van der Waals surface area contributed by atoms with Crippen LogP contribution in [0.15, 0.2) is 48.8 Å². The third kappa shape index (κ3) is 3.72. The summed E-state index contributed by atoms with van der Waals surface area (Å²) in [5.41, 5.74) is 4.43. The van der Waals surface area contributed by atoms with Crippen molar-refractivity contribution >= 4 is 5.82 Å². The fourth-order valence-electron chi connectivity index (χ4n) is 4.35. The van der Waals surface area contributed by atoms with Crippen LogP contribution in [0.5, 0.6) is 5.88 Å². The predicted octanol–water partition coefficient (Wildman–Crippen LogP) is 4.16. The van der Waals surface area contributed by atoms with Gasteiger partial charge in [0.1, 0.15) is 12.4 Å². The minimum absolute atomic E-state index is 0.526. The van der Waals surface area contributed by atoms with Crippen LogP contribution in [0.3, 0.4) is 0 Å². The van der Waals surface area contributed by atoms with Crippen molar-refractivity contribution in [1.29, 1.82) is 0 Å². The number of hydrogen-bond donors (Lipinski definition) is 2. The Labute approximate surface area is 171 Å². The molecular formula is C23H27N5O. The molecule has 4 heterocycles. The van der Waals surface area contributed by atoms with Gasteiger partial charge in [-0.25, -0.2) is 4.68 Å². The first-order valence-electron chi connectivity index (χ1n) is 10.6. The fourth-order valence-corrected chi connectivity index (χ4v) is 4.35. The van der Waals surface area contributed by atoms with Crippen molar-refractivity contribution in [2.24, 2.45) is 0 Å². The summed E-state index contributed by atoms with van der Waals surface area (Å²) in [6.45, 7) is 3.70. The summed E-state index contributed by atoms with van der Waals surface area (Å²) in [6, 6.07) is 13.8. The molecule has 29 heavy (non-hydrogen) atoms. The first-order valence-corrected chi connectivity index (χ1v) is 10.6. The van der Waals surface area contributed by atoms with Gasteiger partial charge < -0.3 is 15.4 Å².